The Labute approximate surface area is 127 Å². The van der Waals surface area contributed by atoms with Gasteiger partial charge >= 0.3 is 0 Å². The van der Waals surface area contributed by atoms with Crippen LogP contribution in [0.1, 0.15) is 18.5 Å². The summed E-state index contributed by atoms with van der Waals surface area (Å²) in [5.74, 6) is -1.71. The Balaban J connectivity index is 2.25. The zero-order valence-corrected chi connectivity index (χ0v) is 12.8. The summed E-state index contributed by atoms with van der Waals surface area (Å²) in [6.45, 7) is 1.65. The van der Waals surface area contributed by atoms with Gasteiger partial charge in [0.2, 0.25) is 10.0 Å². The monoisotopic (exact) mass is 327 g/mol. The van der Waals surface area contributed by atoms with Crippen molar-refractivity contribution in [2.24, 2.45) is 0 Å². The fourth-order valence-corrected chi connectivity index (χ4v) is 3.17. The standard InChI is InChI=1S/C15H15F2NO3S/c1-10(11-4-3-5-12(8-11)21-2)18-22(19,20)13-6-7-14(16)15(17)9-13/h3-10,18H,1-2H3. The first kappa shape index (κ1) is 16.4. The Morgan fingerprint density at radius 3 is 2.45 bits per heavy atom. The summed E-state index contributed by atoms with van der Waals surface area (Å²) >= 11 is 0. The molecule has 0 spiro atoms. The Kier molecular flexibility index (Phi) is 4.77. The Bertz CT molecular complexity index is 778. The van der Waals surface area contributed by atoms with E-state index in [2.05, 4.69) is 4.72 Å². The number of benzene rings is 2. The van der Waals surface area contributed by atoms with Gasteiger partial charge in [0.25, 0.3) is 0 Å². The lowest BCUT2D eigenvalue weighted by atomic mass is 10.1. The van der Waals surface area contributed by atoms with Gasteiger partial charge in [-0.3, -0.25) is 0 Å². The topological polar surface area (TPSA) is 55.4 Å². The summed E-state index contributed by atoms with van der Waals surface area (Å²) in [4.78, 5) is -0.332. The maximum absolute atomic E-state index is 13.2. The first-order chi connectivity index (χ1) is 10.3. The van der Waals surface area contributed by atoms with Gasteiger partial charge in [0, 0.05) is 6.04 Å². The molecule has 0 fully saturated rings. The molecule has 0 aromatic heterocycles. The summed E-state index contributed by atoms with van der Waals surface area (Å²) in [5.41, 5.74) is 0.686. The number of nitrogens with one attached hydrogen (secondary N) is 1. The summed E-state index contributed by atoms with van der Waals surface area (Å²) in [5, 5.41) is 0. The van der Waals surface area contributed by atoms with E-state index in [4.69, 9.17) is 4.74 Å². The van der Waals surface area contributed by atoms with E-state index in [-0.39, 0.29) is 4.90 Å². The molecule has 2 rings (SSSR count). The third kappa shape index (κ3) is 3.61. The fraction of sp³-hybridized carbons (Fsp3) is 0.200. The van der Waals surface area contributed by atoms with Gasteiger partial charge in [-0.25, -0.2) is 21.9 Å². The SMILES string of the molecule is COc1cccc(C(C)NS(=O)(=O)c2ccc(F)c(F)c2)c1. The first-order valence-electron chi connectivity index (χ1n) is 6.45. The largest absolute Gasteiger partial charge is 0.497 e. The third-order valence-corrected chi connectivity index (χ3v) is 4.67. The summed E-state index contributed by atoms with van der Waals surface area (Å²) in [7, 11) is -2.45. The fourth-order valence-electron chi connectivity index (χ4n) is 1.92. The highest BCUT2D eigenvalue weighted by Gasteiger charge is 2.20. The lowest BCUT2D eigenvalue weighted by molar-refractivity contribution is 0.413. The van der Waals surface area contributed by atoms with E-state index in [1.54, 1.807) is 31.2 Å². The minimum Gasteiger partial charge on any atom is -0.497 e. The van der Waals surface area contributed by atoms with Gasteiger partial charge in [-0.15, -0.1) is 0 Å². The van der Waals surface area contributed by atoms with Gasteiger partial charge in [-0.2, -0.15) is 0 Å². The van der Waals surface area contributed by atoms with E-state index < -0.39 is 27.7 Å². The van der Waals surface area contributed by atoms with E-state index in [0.29, 0.717) is 17.4 Å². The van der Waals surface area contributed by atoms with Crippen LogP contribution in [-0.2, 0) is 10.0 Å². The second-order valence-electron chi connectivity index (χ2n) is 4.70. The maximum atomic E-state index is 13.2. The molecule has 0 amide bonds. The second kappa shape index (κ2) is 6.41. The number of hydrogen-bond donors (Lipinski definition) is 1. The van der Waals surface area contributed by atoms with E-state index >= 15 is 0 Å². The molecule has 0 saturated heterocycles. The summed E-state index contributed by atoms with van der Waals surface area (Å²) in [6, 6.07) is 8.78. The van der Waals surface area contributed by atoms with Gasteiger partial charge in [0.05, 0.1) is 12.0 Å². The second-order valence-corrected chi connectivity index (χ2v) is 6.41. The number of rotatable bonds is 5. The van der Waals surface area contributed by atoms with E-state index in [1.807, 2.05) is 0 Å². The van der Waals surface area contributed by atoms with E-state index in [1.165, 1.54) is 7.11 Å². The van der Waals surface area contributed by atoms with Gasteiger partial charge in [0.15, 0.2) is 11.6 Å². The third-order valence-electron chi connectivity index (χ3n) is 3.13. The van der Waals surface area contributed by atoms with Crippen molar-refractivity contribution in [2.45, 2.75) is 17.9 Å². The molecule has 0 bridgehead atoms. The molecule has 0 radical (unpaired) electrons. The molecule has 4 nitrogen and oxygen atoms in total. The molecule has 118 valence electrons. The number of hydrogen-bond acceptors (Lipinski definition) is 3. The number of ether oxygens (including phenoxy) is 1. The van der Waals surface area contributed by atoms with Crippen LogP contribution in [0.2, 0.25) is 0 Å². The van der Waals surface area contributed by atoms with Crippen LogP contribution in [0.5, 0.6) is 5.75 Å². The van der Waals surface area contributed by atoms with Crippen molar-refractivity contribution in [2.75, 3.05) is 7.11 Å². The van der Waals surface area contributed by atoms with Crippen LogP contribution in [0.4, 0.5) is 8.78 Å². The summed E-state index contributed by atoms with van der Waals surface area (Å²) in [6.07, 6.45) is 0. The number of halogens is 2. The van der Waals surface area contributed by atoms with Crippen molar-refractivity contribution in [1.82, 2.24) is 4.72 Å². The molecular formula is C15H15F2NO3S. The highest BCUT2D eigenvalue weighted by molar-refractivity contribution is 7.89. The van der Waals surface area contributed by atoms with Crippen molar-refractivity contribution in [3.05, 3.63) is 59.7 Å². The van der Waals surface area contributed by atoms with Crippen LogP contribution in [0, 0.1) is 11.6 Å². The van der Waals surface area contributed by atoms with Crippen molar-refractivity contribution >= 4 is 10.0 Å². The zero-order chi connectivity index (χ0) is 16.3. The average Bonchev–Trinajstić information content (AvgIpc) is 2.49. The summed E-state index contributed by atoms with van der Waals surface area (Å²) < 4.78 is 58.0. The van der Waals surface area contributed by atoms with Crippen LogP contribution in [-0.4, -0.2) is 15.5 Å². The quantitative estimate of drug-likeness (QED) is 0.918. The van der Waals surface area contributed by atoms with Crippen molar-refractivity contribution in [1.29, 1.82) is 0 Å². The van der Waals surface area contributed by atoms with Crippen LogP contribution < -0.4 is 9.46 Å². The Morgan fingerprint density at radius 2 is 1.82 bits per heavy atom. The number of sulfonamides is 1. The lowest BCUT2D eigenvalue weighted by Gasteiger charge is -2.15. The number of methoxy groups -OCH3 is 1. The van der Waals surface area contributed by atoms with Crippen molar-refractivity contribution < 1.29 is 21.9 Å². The van der Waals surface area contributed by atoms with Crippen LogP contribution >= 0.6 is 0 Å². The molecule has 1 unspecified atom stereocenters. The molecule has 1 atom stereocenters. The molecule has 0 aliphatic heterocycles. The highest BCUT2D eigenvalue weighted by Crippen LogP contribution is 2.21. The molecule has 1 N–H and O–H groups in total. The molecule has 0 aliphatic rings. The molecular weight excluding hydrogens is 312 g/mol. The first-order valence-corrected chi connectivity index (χ1v) is 7.93. The van der Waals surface area contributed by atoms with E-state index in [9.17, 15) is 17.2 Å². The normalized spacial score (nSPS) is 12.9. The van der Waals surface area contributed by atoms with Crippen LogP contribution in [0.25, 0.3) is 0 Å². The zero-order valence-electron chi connectivity index (χ0n) is 12.0. The van der Waals surface area contributed by atoms with Gasteiger partial charge < -0.3 is 4.74 Å². The van der Waals surface area contributed by atoms with Crippen LogP contribution in [0.15, 0.2) is 47.4 Å². The van der Waals surface area contributed by atoms with Gasteiger partial charge in [-0.1, -0.05) is 12.1 Å². The Hall–Kier alpha value is -1.99. The molecule has 7 heteroatoms. The predicted molar refractivity (Wildman–Crippen MR) is 78.1 cm³/mol. The van der Waals surface area contributed by atoms with E-state index in [0.717, 1.165) is 12.1 Å². The van der Waals surface area contributed by atoms with Crippen molar-refractivity contribution in [3.8, 4) is 5.75 Å². The molecule has 0 aliphatic carbocycles. The van der Waals surface area contributed by atoms with Crippen LogP contribution in [0.3, 0.4) is 0 Å². The molecule has 0 saturated carbocycles. The molecule has 0 heterocycles. The maximum Gasteiger partial charge on any atom is 0.241 e. The minimum absolute atomic E-state index is 0.332. The smallest absolute Gasteiger partial charge is 0.241 e. The molecule has 2 aromatic carbocycles. The lowest BCUT2D eigenvalue weighted by Crippen LogP contribution is -2.27. The van der Waals surface area contributed by atoms with Crippen molar-refractivity contribution in [3.63, 3.8) is 0 Å². The van der Waals surface area contributed by atoms with Gasteiger partial charge in [0.1, 0.15) is 5.75 Å². The highest BCUT2D eigenvalue weighted by atomic mass is 32.2. The molecule has 2 aromatic rings. The minimum atomic E-state index is -3.96. The predicted octanol–water partition coefficient (Wildman–Crippen LogP) is 3.01. The Morgan fingerprint density at radius 1 is 1.09 bits per heavy atom. The van der Waals surface area contributed by atoms with Gasteiger partial charge in [-0.05, 0) is 42.8 Å². The average molecular weight is 327 g/mol. The molecule has 22 heavy (non-hydrogen) atoms.